The van der Waals surface area contributed by atoms with Gasteiger partial charge in [0.2, 0.25) is 0 Å². The van der Waals surface area contributed by atoms with Crippen molar-refractivity contribution in [1.82, 2.24) is 4.98 Å². The second kappa shape index (κ2) is 4.09. The molecule has 0 atom stereocenters. The second-order valence-electron chi connectivity index (χ2n) is 3.85. The summed E-state index contributed by atoms with van der Waals surface area (Å²) in [7, 11) is 1.73. The standard InChI is InChI=1S/C9H12Cl2N2OS/c1-9(14-2)4-13(5-9)8-12-7(11)6(3-10)15-8/h3-5H2,1-2H3. The zero-order valence-electron chi connectivity index (χ0n) is 8.59. The first-order valence-electron chi connectivity index (χ1n) is 4.59. The Morgan fingerprint density at radius 1 is 1.60 bits per heavy atom. The summed E-state index contributed by atoms with van der Waals surface area (Å²) in [4.78, 5) is 7.35. The molecule has 1 fully saturated rings. The lowest BCUT2D eigenvalue weighted by molar-refractivity contribution is -0.0167. The molecule has 2 rings (SSSR count). The molecule has 0 amide bonds. The first-order valence-corrected chi connectivity index (χ1v) is 6.32. The van der Waals surface area contributed by atoms with Gasteiger partial charge >= 0.3 is 0 Å². The molecule has 15 heavy (non-hydrogen) atoms. The van der Waals surface area contributed by atoms with Gasteiger partial charge in [0.1, 0.15) is 5.15 Å². The first kappa shape index (κ1) is 11.5. The van der Waals surface area contributed by atoms with Crippen LogP contribution in [-0.2, 0) is 10.6 Å². The number of methoxy groups -OCH3 is 1. The molecule has 1 aliphatic rings. The van der Waals surface area contributed by atoms with Crippen molar-refractivity contribution in [1.29, 1.82) is 0 Å². The zero-order valence-corrected chi connectivity index (χ0v) is 10.9. The van der Waals surface area contributed by atoms with Gasteiger partial charge in [0.15, 0.2) is 5.13 Å². The van der Waals surface area contributed by atoms with E-state index in [9.17, 15) is 0 Å². The van der Waals surface area contributed by atoms with E-state index in [1.165, 1.54) is 0 Å². The largest absolute Gasteiger partial charge is 0.375 e. The maximum absolute atomic E-state index is 5.93. The highest BCUT2D eigenvalue weighted by molar-refractivity contribution is 7.16. The lowest BCUT2D eigenvalue weighted by atomic mass is 9.97. The Kier molecular flexibility index (Phi) is 3.12. The van der Waals surface area contributed by atoms with Crippen LogP contribution in [0.4, 0.5) is 5.13 Å². The van der Waals surface area contributed by atoms with Gasteiger partial charge in [-0.15, -0.1) is 11.6 Å². The van der Waals surface area contributed by atoms with E-state index in [0.717, 1.165) is 23.1 Å². The Bertz CT molecular complexity index is 363. The van der Waals surface area contributed by atoms with Gasteiger partial charge in [0, 0.05) is 7.11 Å². The highest BCUT2D eigenvalue weighted by Crippen LogP contribution is 2.36. The van der Waals surface area contributed by atoms with Gasteiger partial charge in [-0.1, -0.05) is 22.9 Å². The van der Waals surface area contributed by atoms with Crippen molar-refractivity contribution in [3.63, 3.8) is 0 Å². The van der Waals surface area contributed by atoms with Crippen LogP contribution in [0.5, 0.6) is 0 Å². The minimum Gasteiger partial charge on any atom is -0.375 e. The summed E-state index contributed by atoms with van der Waals surface area (Å²) >= 11 is 13.2. The maximum atomic E-state index is 5.93. The molecule has 84 valence electrons. The molecule has 0 aromatic carbocycles. The monoisotopic (exact) mass is 266 g/mol. The SMILES string of the molecule is COC1(C)CN(c2nc(Cl)c(CCl)s2)C1. The van der Waals surface area contributed by atoms with Crippen LogP contribution in [0.25, 0.3) is 0 Å². The lowest BCUT2D eigenvalue weighted by Gasteiger charge is -2.46. The lowest BCUT2D eigenvalue weighted by Crippen LogP contribution is -2.61. The summed E-state index contributed by atoms with van der Waals surface area (Å²) in [5.74, 6) is 0.423. The first-order chi connectivity index (χ1) is 7.08. The van der Waals surface area contributed by atoms with Crippen molar-refractivity contribution in [3.05, 3.63) is 10.0 Å². The number of thiazole rings is 1. The van der Waals surface area contributed by atoms with Crippen LogP contribution in [0.1, 0.15) is 11.8 Å². The average molecular weight is 267 g/mol. The van der Waals surface area contributed by atoms with E-state index in [1.807, 2.05) is 0 Å². The molecule has 1 aromatic heterocycles. The topological polar surface area (TPSA) is 25.4 Å². The molecule has 0 N–H and O–H groups in total. The number of nitrogens with zero attached hydrogens (tertiary/aromatic N) is 2. The van der Waals surface area contributed by atoms with Gasteiger partial charge in [-0.2, -0.15) is 0 Å². The van der Waals surface area contributed by atoms with Crippen molar-refractivity contribution in [2.75, 3.05) is 25.1 Å². The third-order valence-electron chi connectivity index (χ3n) is 2.57. The number of hydrogen-bond donors (Lipinski definition) is 0. The van der Waals surface area contributed by atoms with E-state index in [1.54, 1.807) is 18.4 Å². The van der Waals surface area contributed by atoms with E-state index in [2.05, 4.69) is 16.8 Å². The summed E-state index contributed by atoms with van der Waals surface area (Å²) in [6, 6.07) is 0. The summed E-state index contributed by atoms with van der Waals surface area (Å²) in [5.41, 5.74) is -0.0424. The van der Waals surface area contributed by atoms with E-state index >= 15 is 0 Å². The van der Waals surface area contributed by atoms with Gasteiger partial charge < -0.3 is 9.64 Å². The van der Waals surface area contributed by atoms with Gasteiger partial charge in [-0.3, -0.25) is 0 Å². The predicted molar refractivity (Wildman–Crippen MR) is 64.3 cm³/mol. The van der Waals surface area contributed by atoms with Crippen molar-refractivity contribution in [3.8, 4) is 0 Å². The van der Waals surface area contributed by atoms with Crippen molar-refractivity contribution in [2.24, 2.45) is 0 Å². The highest BCUT2D eigenvalue weighted by atomic mass is 35.5. The number of anilines is 1. The van der Waals surface area contributed by atoms with E-state index in [-0.39, 0.29) is 5.60 Å². The third-order valence-corrected chi connectivity index (χ3v) is 4.54. The average Bonchev–Trinajstić information content (AvgIpc) is 2.54. The van der Waals surface area contributed by atoms with E-state index in [4.69, 9.17) is 27.9 Å². The fourth-order valence-electron chi connectivity index (χ4n) is 1.56. The van der Waals surface area contributed by atoms with Gasteiger partial charge in [0.25, 0.3) is 0 Å². The van der Waals surface area contributed by atoms with Crippen LogP contribution < -0.4 is 4.90 Å². The molecule has 0 unspecified atom stereocenters. The van der Waals surface area contributed by atoms with Gasteiger partial charge in [-0.25, -0.2) is 4.98 Å². The van der Waals surface area contributed by atoms with Crippen LogP contribution in [0.3, 0.4) is 0 Å². The number of ether oxygens (including phenoxy) is 1. The number of halogens is 2. The second-order valence-corrected chi connectivity index (χ2v) is 5.54. The Labute approximate surface area is 103 Å². The summed E-state index contributed by atoms with van der Waals surface area (Å²) < 4.78 is 5.36. The molecule has 0 radical (unpaired) electrons. The van der Waals surface area contributed by atoms with Crippen LogP contribution >= 0.6 is 34.5 Å². The molecule has 0 saturated carbocycles. The van der Waals surface area contributed by atoms with Crippen LogP contribution in [-0.4, -0.2) is 30.8 Å². The Morgan fingerprint density at radius 3 is 2.73 bits per heavy atom. The molecule has 1 aromatic rings. The summed E-state index contributed by atoms with van der Waals surface area (Å²) in [6.07, 6.45) is 0. The highest BCUT2D eigenvalue weighted by Gasteiger charge is 2.40. The molecule has 0 spiro atoms. The number of rotatable bonds is 3. The van der Waals surface area contributed by atoms with Crippen molar-refractivity contribution >= 4 is 39.7 Å². The van der Waals surface area contributed by atoms with E-state index in [0.29, 0.717) is 11.0 Å². The summed E-state index contributed by atoms with van der Waals surface area (Å²) in [6.45, 7) is 3.80. The Hall–Kier alpha value is -0.0300. The molecular formula is C9H12Cl2N2OS. The molecule has 0 bridgehead atoms. The fourth-order valence-corrected chi connectivity index (χ4v) is 3.04. The van der Waals surface area contributed by atoms with Crippen molar-refractivity contribution in [2.45, 2.75) is 18.4 Å². The van der Waals surface area contributed by atoms with Gasteiger partial charge in [0.05, 0.1) is 29.4 Å². The summed E-state index contributed by atoms with van der Waals surface area (Å²) in [5, 5.41) is 1.46. The molecule has 2 heterocycles. The van der Waals surface area contributed by atoms with Crippen LogP contribution in [0, 0.1) is 0 Å². The number of hydrogen-bond acceptors (Lipinski definition) is 4. The molecule has 0 aliphatic carbocycles. The minimum atomic E-state index is -0.0424. The Balaban J connectivity index is 2.07. The van der Waals surface area contributed by atoms with Crippen LogP contribution in [0.15, 0.2) is 0 Å². The molecule has 3 nitrogen and oxygen atoms in total. The Morgan fingerprint density at radius 2 is 2.27 bits per heavy atom. The maximum Gasteiger partial charge on any atom is 0.187 e. The molecule has 1 saturated heterocycles. The minimum absolute atomic E-state index is 0.0424. The van der Waals surface area contributed by atoms with Gasteiger partial charge in [-0.05, 0) is 6.92 Å². The third kappa shape index (κ3) is 2.09. The number of aromatic nitrogens is 1. The normalized spacial score (nSPS) is 19.1. The van der Waals surface area contributed by atoms with Crippen LogP contribution in [0.2, 0.25) is 5.15 Å². The predicted octanol–water partition coefficient (Wildman–Crippen LogP) is 2.76. The number of alkyl halides is 1. The zero-order chi connectivity index (χ0) is 11.1. The van der Waals surface area contributed by atoms with Crippen molar-refractivity contribution < 1.29 is 4.74 Å². The molecular weight excluding hydrogens is 255 g/mol. The van der Waals surface area contributed by atoms with E-state index < -0.39 is 0 Å². The molecule has 1 aliphatic heterocycles. The molecule has 6 heteroatoms. The fraction of sp³-hybridized carbons (Fsp3) is 0.667. The quantitative estimate of drug-likeness (QED) is 0.787. The smallest absolute Gasteiger partial charge is 0.187 e.